The molecule has 8 heteroatoms. The molecule has 1 aliphatic rings. The van der Waals surface area contributed by atoms with Crippen LogP contribution in [0.25, 0.3) is 6.08 Å². The zero-order chi connectivity index (χ0) is 20.8. The quantitative estimate of drug-likeness (QED) is 0.411. The molecular formula is C21H22N2O4S2. The molecular weight excluding hydrogens is 408 g/mol. The number of nitrogens with one attached hydrogen (secondary N) is 2. The second-order valence-corrected chi connectivity index (χ2v) is 7.81. The molecule has 152 valence electrons. The van der Waals surface area contributed by atoms with Crippen molar-refractivity contribution in [1.82, 2.24) is 5.32 Å². The summed E-state index contributed by atoms with van der Waals surface area (Å²) in [5.74, 6) is -0.0702. The Hall–Kier alpha value is -2.71. The predicted octanol–water partition coefficient (Wildman–Crippen LogP) is 3.95. The van der Waals surface area contributed by atoms with Gasteiger partial charge in [-0.1, -0.05) is 18.2 Å². The maximum atomic E-state index is 12.4. The van der Waals surface area contributed by atoms with Crippen LogP contribution in [0.2, 0.25) is 0 Å². The monoisotopic (exact) mass is 430 g/mol. The number of benzene rings is 1. The fourth-order valence-corrected chi connectivity index (χ4v) is 4.72. The maximum absolute atomic E-state index is 12.4. The first-order valence-corrected chi connectivity index (χ1v) is 10.5. The number of aryl methyl sites for hydroxylation is 1. The van der Waals surface area contributed by atoms with E-state index in [0.29, 0.717) is 22.9 Å². The van der Waals surface area contributed by atoms with Gasteiger partial charge in [0.1, 0.15) is 10.8 Å². The van der Waals surface area contributed by atoms with Crippen LogP contribution in [-0.2, 0) is 22.4 Å². The van der Waals surface area contributed by atoms with Gasteiger partial charge in [-0.15, -0.1) is 11.3 Å². The number of para-hydroxylation sites is 1. The Balaban J connectivity index is 1.67. The van der Waals surface area contributed by atoms with Gasteiger partial charge in [-0.3, -0.25) is 10.1 Å². The highest BCUT2D eigenvalue weighted by atomic mass is 32.1. The van der Waals surface area contributed by atoms with E-state index in [1.807, 2.05) is 24.3 Å². The Morgan fingerprint density at radius 3 is 2.83 bits per heavy atom. The van der Waals surface area contributed by atoms with Gasteiger partial charge in [0.05, 0.1) is 19.3 Å². The zero-order valence-corrected chi connectivity index (χ0v) is 17.9. The third-order valence-corrected chi connectivity index (χ3v) is 5.83. The summed E-state index contributed by atoms with van der Waals surface area (Å²) in [7, 11) is 1.57. The van der Waals surface area contributed by atoms with Crippen molar-refractivity contribution in [2.75, 3.05) is 19.0 Å². The topological polar surface area (TPSA) is 76.7 Å². The highest BCUT2D eigenvalue weighted by Gasteiger charge is 2.27. The molecule has 0 saturated carbocycles. The molecule has 1 aromatic heterocycles. The third kappa shape index (κ3) is 5.02. The minimum atomic E-state index is -0.379. The summed E-state index contributed by atoms with van der Waals surface area (Å²) in [6, 6.07) is 7.38. The van der Waals surface area contributed by atoms with Gasteiger partial charge in [0.2, 0.25) is 5.91 Å². The summed E-state index contributed by atoms with van der Waals surface area (Å²) >= 11 is 6.75. The number of esters is 1. The van der Waals surface area contributed by atoms with Gasteiger partial charge >= 0.3 is 5.97 Å². The van der Waals surface area contributed by atoms with Crippen LogP contribution in [0, 0.1) is 0 Å². The van der Waals surface area contributed by atoms with Crippen molar-refractivity contribution in [2.24, 2.45) is 0 Å². The number of methoxy groups -OCH3 is 1. The zero-order valence-electron chi connectivity index (χ0n) is 16.2. The van der Waals surface area contributed by atoms with Crippen molar-refractivity contribution in [2.45, 2.75) is 26.2 Å². The number of hydrogen-bond acceptors (Lipinski definition) is 6. The van der Waals surface area contributed by atoms with Crippen molar-refractivity contribution >= 4 is 51.6 Å². The smallest absolute Gasteiger partial charge is 0.341 e. The highest BCUT2D eigenvalue weighted by molar-refractivity contribution is 7.80. The van der Waals surface area contributed by atoms with Crippen LogP contribution in [0.15, 0.2) is 30.3 Å². The molecule has 0 fully saturated rings. The lowest BCUT2D eigenvalue weighted by Gasteiger charge is -2.10. The predicted molar refractivity (Wildman–Crippen MR) is 119 cm³/mol. The molecule has 3 rings (SSSR count). The van der Waals surface area contributed by atoms with Gasteiger partial charge in [-0.25, -0.2) is 4.79 Å². The lowest BCUT2D eigenvalue weighted by Crippen LogP contribution is -2.33. The fourth-order valence-electron chi connectivity index (χ4n) is 3.17. The average molecular weight is 431 g/mol. The SMILES string of the molecule is CCOC(=O)c1c(NC(=S)NC(=O)/C=C/c2ccccc2OC)sc2c1CCC2. The van der Waals surface area contributed by atoms with Gasteiger partial charge in [0, 0.05) is 16.5 Å². The van der Waals surface area contributed by atoms with E-state index in [1.165, 1.54) is 22.3 Å². The number of ether oxygens (including phenoxy) is 2. The van der Waals surface area contributed by atoms with Crippen LogP contribution in [0.4, 0.5) is 5.00 Å². The molecule has 0 saturated heterocycles. The molecule has 1 aliphatic carbocycles. The normalized spacial score (nSPS) is 12.5. The Morgan fingerprint density at radius 1 is 1.28 bits per heavy atom. The molecule has 0 bridgehead atoms. The lowest BCUT2D eigenvalue weighted by molar-refractivity contribution is -0.115. The summed E-state index contributed by atoms with van der Waals surface area (Å²) < 4.78 is 10.5. The number of rotatable bonds is 6. The minimum Gasteiger partial charge on any atom is -0.496 e. The van der Waals surface area contributed by atoms with Crippen molar-refractivity contribution in [3.63, 3.8) is 0 Å². The molecule has 0 unspecified atom stereocenters. The molecule has 0 atom stereocenters. The standard InChI is InChI=1S/C21H22N2O4S2/c1-3-27-20(25)18-14-8-6-10-16(14)29-19(18)23-21(28)22-17(24)12-11-13-7-4-5-9-15(13)26-2/h4-5,7,9,11-12H,3,6,8,10H2,1-2H3,(H2,22,23,24,28)/b12-11+. The summed E-state index contributed by atoms with van der Waals surface area (Å²) in [6.45, 7) is 2.08. The van der Waals surface area contributed by atoms with E-state index < -0.39 is 0 Å². The lowest BCUT2D eigenvalue weighted by atomic mass is 10.1. The van der Waals surface area contributed by atoms with Gasteiger partial charge in [0.15, 0.2) is 5.11 Å². The van der Waals surface area contributed by atoms with Crippen molar-refractivity contribution in [3.8, 4) is 5.75 Å². The number of anilines is 1. The Labute approximate surface area is 178 Å². The average Bonchev–Trinajstić information content (AvgIpc) is 3.27. The summed E-state index contributed by atoms with van der Waals surface area (Å²) in [6.07, 6.45) is 5.85. The number of thiophene rings is 1. The van der Waals surface area contributed by atoms with Gasteiger partial charge in [0.25, 0.3) is 0 Å². The first-order chi connectivity index (χ1) is 14.0. The molecule has 6 nitrogen and oxygen atoms in total. The Bertz CT molecular complexity index is 966. The fraction of sp³-hybridized carbons (Fsp3) is 0.286. The summed E-state index contributed by atoms with van der Waals surface area (Å²) in [5, 5.41) is 6.34. The second-order valence-electron chi connectivity index (χ2n) is 6.30. The maximum Gasteiger partial charge on any atom is 0.341 e. The summed E-state index contributed by atoms with van der Waals surface area (Å²) in [5.41, 5.74) is 2.34. The Morgan fingerprint density at radius 2 is 2.07 bits per heavy atom. The number of fused-ring (bicyclic) bond motifs is 1. The molecule has 1 heterocycles. The van der Waals surface area contributed by atoms with E-state index in [2.05, 4.69) is 10.6 Å². The first kappa shape index (κ1) is 21.0. The van der Waals surface area contributed by atoms with E-state index in [9.17, 15) is 9.59 Å². The van der Waals surface area contributed by atoms with Crippen LogP contribution in [0.3, 0.4) is 0 Å². The molecule has 2 N–H and O–H groups in total. The van der Waals surface area contributed by atoms with E-state index in [-0.39, 0.29) is 17.0 Å². The molecule has 2 aromatic rings. The van der Waals surface area contributed by atoms with Crippen LogP contribution in [0.1, 0.15) is 39.7 Å². The van der Waals surface area contributed by atoms with Crippen LogP contribution in [-0.4, -0.2) is 30.7 Å². The largest absolute Gasteiger partial charge is 0.496 e. The molecule has 1 aromatic carbocycles. The molecule has 1 amide bonds. The van der Waals surface area contributed by atoms with E-state index in [4.69, 9.17) is 21.7 Å². The second kappa shape index (κ2) is 9.67. The number of carbonyl (C=O) groups excluding carboxylic acids is 2. The first-order valence-electron chi connectivity index (χ1n) is 9.28. The van der Waals surface area contributed by atoms with Gasteiger partial charge in [-0.05, 0) is 56.1 Å². The number of carbonyl (C=O) groups is 2. The van der Waals surface area contributed by atoms with E-state index >= 15 is 0 Å². The van der Waals surface area contributed by atoms with Gasteiger partial charge in [-0.2, -0.15) is 0 Å². The van der Waals surface area contributed by atoms with E-state index in [0.717, 1.165) is 30.4 Å². The number of hydrogen-bond donors (Lipinski definition) is 2. The Kier molecular flexibility index (Phi) is 7.00. The third-order valence-electron chi connectivity index (χ3n) is 4.42. The molecule has 0 aliphatic heterocycles. The minimum absolute atomic E-state index is 0.130. The van der Waals surface area contributed by atoms with Gasteiger partial charge < -0.3 is 14.8 Å². The number of amides is 1. The molecule has 29 heavy (non-hydrogen) atoms. The highest BCUT2D eigenvalue weighted by Crippen LogP contribution is 2.39. The van der Waals surface area contributed by atoms with Crippen LogP contribution in [0.5, 0.6) is 5.75 Å². The van der Waals surface area contributed by atoms with Crippen LogP contribution >= 0.6 is 23.6 Å². The molecule has 0 radical (unpaired) electrons. The molecule has 0 spiro atoms. The van der Waals surface area contributed by atoms with Crippen molar-refractivity contribution < 1.29 is 19.1 Å². The van der Waals surface area contributed by atoms with E-state index in [1.54, 1.807) is 20.1 Å². The van der Waals surface area contributed by atoms with Crippen molar-refractivity contribution in [1.29, 1.82) is 0 Å². The van der Waals surface area contributed by atoms with Crippen molar-refractivity contribution in [3.05, 3.63) is 51.9 Å². The van der Waals surface area contributed by atoms with Crippen LogP contribution < -0.4 is 15.4 Å². The number of thiocarbonyl (C=S) groups is 1. The summed E-state index contributed by atoms with van der Waals surface area (Å²) in [4.78, 5) is 25.8.